The summed E-state index contributed by atoms with van der Waals surface area (Å²) in [5, 5.41) is 8.31. The lowest BCUT2D eigenvalue weighted by Crippen LogP contribution is -1.96. The molecule has 0 unspecified atom stereocenters. The number of carbonyl (C=O) groups is 1. The van der Waals surface area contributed by atoms with Crippen molar-refractivity contribution in [2.75, 3.05) is 0 Å². The molecule has 0 aliphatic heterocycles. The minimum absolute atomic E-state index is 0.0293. The first-order valence-electron chi connectivity index (χ1n) is 8.78. The first-order valence-corrected chi connectivity index (χ1v) is 8.78. The van der Waals surface area contributed by atoms with E-state index in [4.69, 9.17) is 4.42 Å². The van der Waals surface area contributed by atoms with Gasteiger partial charge in [-0.3, -0.25) is 9.78 Å². The van der Waals surface area contributed by atoms with Crippen molar-refractivity contribution in [3.05, 3.63) is 65.8 Å². The van der Waals surface area contributed by atoms with Crippen molar-refractivity contribution in [3.8, 4) is 22.8 Å². The fourth-order valence-corrected chi connectivity index (χ4v) is 2.87. The second-order valence-corrected chi connectivity index (χ2v) is 6.37. The normalized spacial score (nSPS) is 13.5. The SMILES string of the molecule is CC(=O)c1ccc(-c2cnc(C)c(-c3nnc(C4=CCCC=C4)o3)n2)cc1. The zero-order valence-electron chi connectivity index (χ0n) is 15.1. The van der Waals surface area contributed by atoms with Crippen molar-refractivity contribution < 1.29 is 9.21 Å². The number of hydrogen-bond donors (Lipinski definition) is 0. The van der Waals surface area contributed by atoms with E-state index in [1.54, 1.807) is 25.3 Å². The Labute approximate surface area is 156 Å². The third kappa shape index (κ3) is 3.46. The van der Waals surface area contributed by atoms with Crippen LogP contribution in [0.4, 0.5) is 0 Å². The maximum atomic E-state index is 11.4. The van der Waals surface area contributed by atoms with Crippen molar-refractivity contribution in [2.45, 2.75) is 26.7 Å². The van der Waals surface area contributed by atoms with E-state index in [1.165, 1.54) is 0 Å². The van der Waals surface area contributed by atoms with Gasteiger partial charge in [-0.2, -0.15) is 0 Å². The van der Waals surface area contributed by atoms with Gasteiger partial charge in [-0.25, -0.2) is 4.98 Å². The molecule has 0 atom stereocenters. The summed E-state index contributed by atoms with van der Waals surface area (Å²) in [5.41, 5.74) is 4.41. The first-order chi connectivity index (χ1) is 13.1. The molecule has 0 bridgehead atoms. The van der Waals surface area contributed by atoms with Gasteiger partial charge in [0.25, 0.3) is 5.89 Å². The average Bonchev–Trinajstić information content (AvgIpc) is 3.19. The monoisotopic (exact) mass is 358 g/mol. The predicted molar refractivity (Wildman–Crippen MR) is 102 cm³/mol. The third-order valence-electron chi connectivity index (χ3n) is 4.41. The molecule has 2 aromatic heterocycles. The second kappa shape index (κ2) is 7.07. The molecule has 0 N–H and O–H groups in total. The summed E-state index contributed by atoms with van der Waals surface area (Å²) in [5.74, 6) is 0.858. The van der Waals surface area contributed by atoms with Crippen molar-refractivity contribution in [1.82, 2.24) is 20.2 Å². The van der Waals surface area contributed by atoms with Crippen molar-refractivity contribution >= 4 is 11.4 Å². The van der Waals surface area contributed by atoms with Crippen LogP contribution in [0.1, 0.15) is 41.7 Å². The van der Waals surface area contributed by atoms with E-state index in [0.717, 1.165) is 24.0 Å². The Morgan fingerprint density at radius 2 is 1.85 bits per heavy atom. The lowest BCUT2D eigenvalue weighted by atomic mass is 10.1. The maximum absolute atomic E-state index is 11.4. The number of carbonyl (C=O) groups excluding carboxylic acids is 1. The fraction of sp³-hybridized carbons (Fsp3) is 0.190. The molecule has 134 valence electrons. The maximum Gasteiger partial charge on any atom is 0.268 e. The van der Waals surface area contributed by atoms with Crippen molar-refractivity contribution in [3.63, 3.8) is 0 Å². The van der Waals surface area contributed by atoms with Gasteiger partial charge in [0.1, 0.15) is 5.69 Å². The topological polar surface area (TPSA) is 81.8 Å². The highest BCUT2D eigenvalue weighted by Gasteiger charge is 2.17. The van der Waals surface area contributed by atoms with Crippen LogP contribution < -0.4 is 0 Å². The summed E-state index contributed by atoms with van der Waals surface area (Å²) in [6.45, 7) is 3.40. The highest BCUT2D eigenvalue weighted by Crippen LogP contribution is 2.27. The third-order valence-corrected chi connectivity index (χ3v) is 4.41. The van der Waals surface area contributed by atoms with Crippen LogP contribution in [0.2, 0.25) is 0 Å². The largest absolute Gasteiger partial charge is 0.415 e. The number of Topliss-reactive ketones (excluding diaryl/α,β-unsaturated/α-hetero) is 1. The van der Waals surface area contributed by atoms with E-state index in [9.17, 15) is 4.79 Å². The van der Waals surface area contributed by atoms with E-state index in [-0.39, 0.29) is 5.78 Å². The number of benzene rings is 1. The van der Waals surface area contributed by atoms with Gasteiger partial charge >= 0.3 is 0 Å². The Balaban J connectivity index is 1.69. The number of hydrogen-bond acceptors (Lipinski definition) is 6. The highest BCUT2D eigenvalue weighted by molar-refractivity contribution is 5.94. The molecule has 0 fully saturated rings. The molecule has 27 heavy (non-hydrogen) atoms. The van der Waals surface area contributed by atoms with Gasteiger partial charge in [0, 0.05) is 16.7 Å². The molecule has 6 heteroatoms. The van der Waals surface area contributed by atoms with Gasteiger partial charge in [0.15, 0.2) is 5.78 Å². The zero-order valence-corrected chi connectivity index (χ0v) is 15.1. The zero-order chi connectivity index (χ0) is 18.8. The van der Waals surface area contributed by atoms with E-state index in [1.807, 2.05) is 25.1 Å². The summed E-state index contributed by atoms with van der Waals surface area (Å²) < 4.78 is 5.84. The Bertz CT molecular complexity index is 1060. The summed E-state index contributed by atoms with van der Waals surface area (Å²) in [4.78, 5) is 20.5. The van der Waals surface area contributed by atoms with Gasteiger partial charge in [-0.05, 0) is 26.7 Å². The molecule has 1 aromatic carbocycles. The van der Waals surface area contributed by atoms with Crippen LogP contribution in [0.25, 0.3) is 28.4 Å². The Kier molecular flexibility index (Phi) is 4.46. The van der Waals surface area contributed by atoms with Gasteiger partial charge in [0.2, 0.25) is 5.89 Å². The number of rotatable bonds is 4. The summed E-state index contributed by atoms with van der Waals surface area (Å²) in [7, 11) is 0. The molecule has 1 aliphatic carbocycles. The molecule has 3 aromatic rings. The van der Waals surface area contributed by atoms with Crippen LogP contribution in [0.5, 0.6) is 0 Å². The smallest absolute Gasteiger partial charge is 0.268 e. The number of allylic oxidation sites excluding steroid dienone is 4. The molecule has 0 radical (unpaired) electrons. The standard InChI is InChI=1S/C21H18N4O2/c1-13-19(21-25-24-20(27-21)17-6-4-3-5-7-17)23-18(12-22-13)16-10-8-15(9-11-16)14(2)26/h4,6-12H,3,5H2,1-2H3. The van der Waals surface area contributed by atoms with Crippen molar-refractivity contribution in [2.24, 2.45) is 0 Å². The predicted octanol–water partition coefficient (Wildman–Crippen LogP) is 4.44. The van der Waals surface area contributed by atoms with Crippen LogP contribution >= 0.6 is 0 Å². The second-order valence-electron chi connectivity index (χ2n) is 6.37. The molecule has 2 heterocycles. The lowest BCUT2D eigenvalue weighted by molar-refractivity contribution is 0.101. The number of aromatic nitrogens is 4. The minimum atomic E-state index is 0.0293. The van der Waals surface area contributed by atoms with Crippen LogP contribution in [0.3, 0.4) is 0 Å². The highest BCUT2D eigenvalue weighted by atomic mass is 16.4. The van der Waals surface area contributed by atoms with Crippen LogP contribution in [-0.2, 0) is 0 Å². The molecule has 0 amide bonds. The summed E-state index contributed by atoms with van der Waals surface area (Å²) in [6.07, 6.45) is 9.86. The van der Waals surface area contributed by atoms with Gasteiger partial charge in [0.05, 0.1) is 17.6 Å². The molecular weight excluding hydrogens is 340 g/mol. The Hall–Kier alpha value is -3.41. The van der Waals surface area contributed by atoms with Gasteiger partial charge in [-0.15, -0.1) is 10.2 Å². The van der Waals surface area contributed by atoms with Gasteiger partial charge < -0.3 is 4.42 Å². The van der Waals surface area contributed by atoms with Crippen LogP contribution in [0.15, 0.2) is 53.1 Å². The Morgan fingerprint density at radius 3 is 2.56 bits per heavy atom. The number of ketones is 1. The van der Waals surface area contributed by atoms with Crippen LogP contribution in [0, 0.1) is 6.92 Å². The summed E-state index contributed by atoms with van der Waals surface area (Å²) >= 11 is 0. The quantitative estimate of drug-likeness (QED) is 0.641. The van der Waals surface area contributed by atoms with E-state index in [2.05, 4.69) is 32.3 Å². The Morgan fingerprint density at radius 1 is 1.07 bits per heavy atom. The molecular formula is C21H18N4O2. The van der Waals surface area contributed by atoms with E-state index < -0.39 is 0 Å². The minimum Gasteiger partial charge on any atom is -0.415 e. The lowest BCUT2D eigenvalue weighted by Gasteiger charge is -2.05. The molecule has 4 rings (SSSR count). The molecule has 1 aliphatic rings. The van der Waals surface area contributed by atoms with Crippen molar-refractivity contribution in [1.29, 1.82) is 0 Å². The van der Waals surface area contributed by atoms with E-state index in [0.29, 0.717) is 34.4 Å². The molecule has 0 spiro atoms. The summed E-state index contributed by atoms with van der Waals surface area (Å²) in [6, 6.07) is 7.28. The van der Waals surface area contributed by atoms with Crippen LogP contribution in [-0.4, -0.2) is 25.9 Å². The first kappa shape index (κ1) is 17.0. The van der Waals surface area contributed by atoms with Gasteiger partial charge in [-0.1, -0.05) is 42.5 Å². The fourth-order valence-electron chi connectivity index (χ4n) is 2.87. The average molecular weight is 358 g/mol. The molecule has 0 saturated heterocycles. The van der Waals surface area contributed by atoms with E-state index >= 15 is 0 Å². The molecule has 6 nitrogen and oxygen atoms in total. The molecule has 0 saturated carbocycles. The number of aryl methyl sites for hydroxylation is 1. The number of nitrogens with zero attached hydrogens (tertiary/aromatic N) is 4.